The van der Waals surface area contributed by atoms with Crippen LogP contribution in [0.1, 0.15) is 29.3 Å². The van der Waals surface area contributed by atoms with Crippen LogP contribution in [-0.4, -0.2) is 26.2 Å². The van der Waals surface area contributed by atoms with Crippen molar-refractivity contribution in [2.24, 2.45) is 0 Å². The number of methoxy groups -OCH3 is 1. The van der Waals surface area contributed by atoms with Gasteiger partial charge in [-0.2, -0.15) is 0 Å². The minimum Gasteiger partial charge on any atom is -0.493 e. The average Bonchev–Trinajstić information content (AvgIpc) is 2.59. The summed E-state index contributed by atoms with van der Waals surface area (Å²) in [5, 5.41) is 2.90. The lowest BCUT2D eigenvalue weighted by Gasteiger charge is -2.11. The number of nitrogen functional groups attached to an aromatic ring is 1. The number of para-hydroxylation sites is 1. The standard InChI is InChI=1S/C19H24N2O3/c1-3-24-18-13-14(10-11-17(18)23-2)7-6-12-21-19(22)15-8-4-5-9-16(15)20/h4-5,8-11,13H,3,6-7,12,20H2,1-2H3,(H,21,22). The molecule has 3 N–H and O–H groups in total. The number of benzene rings is 2. The maximum atomic E-state index is 12.1. The Morgan fingerprint density at radius 3 is 2.67 bits per heavy atom. The van der Waals surface area contributed by atoms with Crippen molar-refractivity contribution in [3.63, 3.8) is 0 Å². The van der Waals surface area contributed by atoms with Crippen LogP contribution in [0.3, 0.4) is 0 Å². The molecule has 0 atom stereocenters. The lowest BCUT2D eigenvalue weighted by atomic mass is 10.1. The van der Waals surface area contributed by atoms with Gasteiger partial charge in [0.1, 0.15) is 0 Å². The number of rotatable bonds is 8. The van der Waals surface area contributed by atoms with E-state index in [-0.39, 0.29) is 5.91 Å². The molecule has 2 aromatic carbocycles. The van der Waals surface area contributed by atoms with Crippen LogP contribution in [0.15, 0.2) is 42.5 Å². The second kappa shape index (κ2) is 8.82. The number of ether oxygens (including phenoxy) is 2. The van der Waals surface area contributed by atoms with Crippen molar-refractivity contribution in [2.75, 3.05) is 26.0 Å². The number of hydrogen-bond acceptors (Lipinski definition) is 4. The molecule has 0 saturated heterocycles. The van der Waals surface area contributed by atoms with E-state index in [1.54, 1.807) is 25.3 Å². The molecule has 0 aliphatic carbocycles. The summed E-state index contributed by atoms with van der Waals surface area (Å²) in [5.74, 6) is 1.34. The largest absolute Gasteiger partial charge is 0.493 e. The number of amides is 1. The van der Waals surface area contributed by atoms with E-state index in [1.807, 2.05) is 31.2 Å². The van der Waals surface area contributed by atoms with Gasteiger partial charge in [-0.1, -0.05) is 18.2 Å². The van der Waals surface area contributed by atoms with Crippen molar-refractivity contribution in [2.45, 2.75) is 19.8 Å². The molecule has 0 radical (unpaired) electrons. The highest BCUT2D eigenvalue weighted by Gasteiger charge is 2.08. The van der Waals surface area contributed by atoms with Crippen molar-refractivity contribution in [3.05, 3.63) is 53.6 Å². The number of carbonyl (C=O) groups is 1. The maximum Gasteiger partial charge on any atom is 0.253 e. The van der Waals surface area contributed by atoms with Crippen LogP contribution < -0.4 is 20.5 Å². The summed E-state index contributed by atoms with van der Waals surface area (Å²) in [6, 6.07) is 13.0. The van der Waals surface area contributed by atoms with Crippen LogP contribution in [0.2, 0.25) is 0 Å². The molecule has 0 fully saturated rings. The molecular weight excluding hydrogens is 304 g/mol. The smallest absolute Gasteiger partial charge is 0.253 e. The van der Waals surface area contributed by atoms with Gasteiger partial charge in [0.25, 0.3) is 5.91 Å². The van der Waals surface area contributed by atoms with E-state index in [9.17, 15) is 4.79 Å². The van der Waals surface area contributed by atoms with E-state index < -0.39 is 0 Å². The minimum atomic E-state index is -0.141. The van der Waals surface area contributed by atoms with Crippen LogP contribution in [0.25, 0.3) is 0 Å². The minimum absolute atomic E-state index is 0.141. The van der Waals surface area contributed by atoms with Crippen LogP contribution in [0, 0.1) is 0 Å². The molecule has 5 nitrogen and oxygen atoms in total. The van der Waals surface area contributed by atoms with E-state index in [4.69, 9.17) is 15.2 Å². The number of carbonyl (C=O) groups excluding carboxylic acids is 1. The number of aryl methyl sites for hydroxylation is 1. The van der Waals surface area contributed by atoms with Gasteiger partial charge in [0.15, 0.2) is 11.5 Å². The van der Waals surface area contributed by atoms with Gasteiger partial charge in [-0.15, -0.1) is 0 Å². The lowest BCUT2D eigenvalue weighted by Crippen LogP contribution is -2.25. The molecule has 0 heterocycles. The maximum absolute atomic E-state index is 12.1. The molecule has 5 heteroatoms. The first-order valence-electron chi connectivity index (χ1n) is 8.08. The fraction of sp³-hybridized carbons (Fsp3) is 0.316. The second-order valence-electron chi connectivity index (χ2n) is 5.36. The Hall–Kier alpha value is -2.69. The molecule has 0 aliphatic rings. The zero-order valence-corrected chi connectivity index (χ0v) is 14.2. The molecule has 128 valence electrons. The second-order valence-corrected chi connectivity index (χ2v) is 5.36. The zero-order valence-electron chi connectivity index (χ0n) is 14.2. The van der Waals surface area contributed by atoms with Crippen molar-refractivity contribution in [1.29, 1.82) is 0 Å². The van der Waals surface area contributed by atoms with Crippen LogP contribution >= 0.6 is 0 Å². The lowest BCUT2D eigenvalue weighted by molar-refractivity contribution is 0.0954. The monoisotopic (exact) mass is 328 g/mol. The third kappa shape index (κ3) is 4.65. The first-order chi connectivity index (χ1) is 11.7. The van der Waals surface area contributed by atoms with E-state index in [0.29, 0.717) is 24.4 Å². The van der Waals surface area contributed by atoms with Crippen molar-refractivity contribution in [3.8, 4) is 11.5 Å². The number of hydrogen-bond donors (Lipinski definition) is 2. The van der Waals surface area contributed by atoms with Crippen molar-refractivity contribution < 1.29 is 14.3 Å². The van der Waals surface area contributed by atoms with E-state index in [1.165, 1.54) is 0 Å². The fourth-order valence-electron chi connectivity index (χ4n) is 2.44. The Morgan fingerprint density at radius 1 is 1.17 bits per heavy atom. The Bertz CT molecular complexity index is 686. The predicted octanol–water partition coefficient (Wildman–Crippen LogP) is 3.04. The molecular formula is C19H24N2O3. The topological polar surface area (TPSA) is 73.6 Å². The third-order valence-corrected chi connectivity index (χ3v) is 3.66. The summed E-state index contributed by atoms with van der Waals surface area (Å²) >= 11 is 0. The highest BCUT2D eigenvalue weighted by molar-refractivity contribution is 5.99. The molecule has 0 unspecified atom stereocenters. The summed E-state index contributed by atoms with van der Waals surface area (Å²) in [7, 11) is 1.63. The molecule has 0 bridgehead atoms. The van der Waals surface area contributed by atoms with Crippen LogP contribution in [-0.2, 0) is 6.42 Å². The normalized spacial score (nSPS) is 10.2. The fourth-order valence-corrected chi connectivity index (χ4v) is 2.44. The molecule has 0 spiro atoms. The van der Waals surface area contributed by atoms with Gasteiger partial charge in [0, 0.05) is 12.2 Å². The zero-order chi connectivity index (χ0) is 17.4. The molecule has 1 amide bonds. The number of anilines is 1. The Balaban J connectivity index is 1.85. The first-order valence-corrected chi connectivity index (χ1v) is 8.08. The molecule has 2 rings (SSSR count). The predicted molar refractivity (Wildman–Crippen MR) is 95.7 cm³/mol. The van der Waals surface area contributed by atoms with Gasteiger partial charge in [-0.05, 0) is 49.6 Å². The SMILES string of the molecule is CCOc1cc(CCCNC(=O)c2ccccc2N)ccc1OC. The summed E-state index contributed by atoms with van der Waals surface area (Å²) < 4.78 is 10.9. The molecule has 0 aromatic heterocycles. The summed E-state index contributed by atoms with van der Waals surface area (Å²) in [4.78, 5) is 12.1. The summed E-state index contributed by atoms with van der Waals surface area (Å²) in [5.41, 5.74) is 7.96. The Kier molecular flexibility index (Phi) is 6.49. The molecule has 0 aliphatic heterocycles. The average molecular weight is 328 g/mol. The molecule has 2 aromatic rings. The van der Waals surface area contributed by atoms with E-state index in [0.717, 1.165) is 29.9 Å². The van der Waals surface area contributed by atoms with E-state index in [2.05, 4.69) is 5.32 Å². The van der Waals surface area contributed by atoms with E-state index >= 15 is 0 Å². The Labute approximate surface area is 142 Å². The summed E-state index contributed by atoms with van der Waals surface area (Å²) in [6.45, 7) is 3.12. The van der Waals surface area contributed by atoms with Gasteiger partial charge >= 0.3 is 0 Å². The van der Waals surface area contributed by atoms with Crippen LogP contribution in [0.4, 0.5) is 5.69 Å². The first kappa shape index (κ1) is 17.7. The highest BCUT2D eigenvalue weighted by atomic mass is 16.5. The quantitative estimate of drug-likeness (QED) is 0.577. The molecule has 24 heavy (non-hydrogen) atoms. The third-order valence-electron chi connectivity index (χ3n) is 3.66. The Morgan fingerprint density at radius 2 is 1.96 bits per heavy atom. The highest BCUT2D eigenvalue weighted by Crippen LogP contribution is 2.28. The van der Waals surface area contributed by atoms with Gasteiger partial charge in [0.2, 0.25) is 0 Å². The van der Waals surface area contributed by atoms with Gasteiger partial charge in [-0.3, -0.25) is 4.79 Å². The number of nitrogens with two attached hydrogens (primary N) is 1. The van der Waals surface area contributed by atoms with Crippen molar-refractivity contribution in [1.82, 2.24) is 5.32 Å². The van der Waals surface area contributed by atoms with Gasteiger partial charge in [-0.25, -0.2) is 0 Å². The van der Waals surface area contributed by atoms with Crippen LogP contribution in [0.5, 0.6) is 11.5 Å². The van der Waals surface area contributed by atoms with Gasteiger partial charge in [0.05, 0.1) is 19.3 Å². The molecule has 0 saturated carbocycles. The summed E-state index contributed by atoms with van der Waals surface area (Å²) in [6.07, 6.45) is 1.67. The van der Waals surface area contributed by atoms with Gasteiger partial charge < -0.3 is 20.5 Å². The van der Waals surface area contributed by atoms with Crippen molar-refractivity contribution >= 4 is 11.6 Å². The number of nitrogens with one attached hydrogen (secondary N) is 1.